The molecule has 0 saturated carbocycles. The summed E-state index contributed by atoms with van der Waals surface area (Å²) >= 11 is 0. The van der Waals surface area contributed by atoms with Crippen LogP contribution in [0.1, 0.15) is 22.3 Å². The molecule has 0 bridgehead atoms. The topological polar surface area (TPSA) is 16.1 Å². The van der Waals surface area contributed by atoms with Crippen molar-refractivity contribution in [3.05, 3.63) is 150 Å². The first-order valence-electron chi connectivity index (χ1n) is 11.3. The van der Waals surface area contributed by atoms with E-state index in [-0.39, 0.29) is 0 Å². The minimum Gasteiger partial charge on any atom is -0.344 e. The summed E-state index contributed by atoms with van der Waals surface area (Å²) in [4.78, 5) is 7.05. The van der Waals surface area contributed by atoms with Crippen molar-refractivity contribution in [1.29, 1.82) is 0 Å². The minimum absolute atomic E-state index is 0.439. The average Bonchev–Trinajstić information content (AvgIpc) is 2.90. The van der Waals surface area contributed by atoms with Crippen LogP contribution in [-0.2, 0) is 5.41 Å². The maximum atomic E-state index is 4.71. The van der Waals surface area contributed by atoms with Gasteiger partial charge in [-0.15, -0.1) is 0 Å². The highest BCUT2D eigenvalue weighted by molar-refractivity contribution is 5.91. The fraction of sp³-hybridized carbons (Fsp3) is 0.0645. The largest absolute Gasteiger partial charge is 0.344 e. The van der Waals surface area contributed by atoms with Crippen molar-refractivity contribution in [2.75, 3.05) is 11.9 Å². The van der Waals surface area contributed by atoms with Gasteiger partial charge in [0.25, 0.3) is 0 Å². The molecule has 158 valence electrons. The van der Waals surface area contributed by atoms with E-state index in [1.807, 2.05) is 12.3 Å². The third-order valence-corrected chi connectivity index (χ3v) is 6.80. The van der Waals surface area contributed by atoms with Crippen LogP contribution >= 0.6 is 0 Å². The lowest BCUT2D eigenvalue weighted by Gasteiger charge is -2.46. The van der Waals surface area contributed by atoms with Gasteiger partial charge < -0.3 is 4.90 Å². The van der Waals surface area contributed by atoms with Crippen LogP contribution in [0.25, 0.3) is 11.3 Å². The molecule has 0 aliphatic carbocycles. The Morgan fingerprint density at radius 3 is 1.85 bits per heavy atom. The Kier molecular flexibility index (Phi) is 4.58. The molecule has 0 amide bonds. The van der Waals surface area contributed by atoms with E-state index in [2.05, 4.69) is 127 Å². The summed E-state index contributed by atoms with van der Waals surface area (Å²) < 4.78 is 0. The van der Waals surface area contributed by atoms with Crippen molar-refractivity contribution in [1.82, 2.24) is 4.98 Å². The van der Waals surface area contributed by atoms with E-state index in [1.54, 1.807) is 0 Å². The number of hydrogen-bond acceptors (Lipinski definition) is 2. The number of pyridine rings is 1. The SMILES string of the molecule is CN1c2ccccc2C(c2ccccc2)(c2ccccc2)c2cccc(-c3ccccn3)c21. The molecule has 33 heavy (non-hydrogen) atoms. The van der Waals surface area contributed by atoms with Gasteiger partial charge in [-0.3, -0.25) is 4.98 Å². The van der Waals surface area contributed by atoms with E-state index in [1.165, 1.54) is 33.6 Å². The molecule has 1 aromatic heterocycles. The maximum absolute atomic E-state index is 4.71. The number of para-hydroxylation sites is 2. The zero-order valence-electron chi connectivity index (χ0n) is 18.5. The molecule has 0 saturated heterocycles. The number of benzene rings is 4. The van der Waals surface area contributed by atoms with Gasteiger partial charge >= 0.3 is 0 Å². The van der Waals surface area contributed by atoms with Gasteiger partial charge in [0.2, 0.25) is 0 Å². The Morgan fingerprint density at radius 1 is 0.576 bits per heavy atom. The molecule has 0 spiro atoms. The van der Waals surface area contributed by atoms with E-state index in [4.69, 9.17) is 4.98 Å². The van der Waals surface area contributed by atoms with E-state index in [9.17, 15) is 0 Å². The Labute approximate surface area is 194 Å². The summed E-state index contributed by atoms with van der Waals surface area (Å²) in [6.45, 7) is 0. The molecule has 0 unspecified atom stereocenters. The summed E-state index contributed by atoms with van der Waals surface area (Å²) in [5.41, 5.74) is 9.17. The van der Waals surface area contributed by atoms with Crippen molar-refractivity contribution in [3.8, 4) is 11.3 Å². The molecule has 0 N–H and O–H groups in total. The van der Waals surface area contributed by atoms with E-state index < -0.39 is 5.41 Å². The maximum Gasteiger partial charge on any atom is 0.0742 e. The predicted octanol–water partition coefficient (Wildman–Crippen LogP) is 7.21. The fourth-order valence-electron chi connectivity index (χ4n) is 5.45. The molecule has 2 heteroatoms. The van der Waals surface area contributed by atoms with Gasteiger partial charge in [0.05, 0.1) is 16.8 Å². The fourth-order valence-corrected chi connectivity index (χ4v) is 5.45. The van der Waals surface area contributed by atoms with Gasteiger partial charge in [-0.05, 0) is 40.5 Å². The van der Waals surface area contributed by atoms with Crippen LogP contribution in [-0.4, -0.2) is 12.0 Å². The van der Waals surface area contributed by atoms with Gasteiger partial charge in [-0.25, -0.2) is 0 Å². The van der Waals surface area contributed by atoms with Crippen molar-refractivity contribution in [2.45, 2.75) is 5.41 Å². The van der Waals surface area contributed by atoms with Gasteiger partial charge in [0.15, 0.2) is 0 Å². The monoisotopic (exact) mass is 424 g/mol. The van der Waals surface area contributed by atoms with Gasteiger partial charge in [-0.2, -0.15) is 0 Å². The Bertz CT molecular complexity index is 1370. The van der Waals surface area contributed by atoms with Gasteiger partial charge in [0.1, 0.15) is 0 Å². The molecule has 5 aromatic rings. The van der Waals surface area contributed by atoms with Crippen LogP contribution in [0.2, 0.25) is 0 Å². The summed E-state index contributed by atoms with van der Waals surface area (Å²) in [5, 5.41) is 0. The third kappa shape index (κ3) is 2.84. The average molecular weight is 425 g/mol. The van der Waals surface area contributed by atoms with E-state index in [0.29, 0.717) is 0 Å². The van der Waals surface area contributed by atoms with Crippen LogP contribution in [0.5, 0.6) is 0 Å². The zero-order valence-corrected chi connectivity index (χ0v) is 18.5. The standard InChI is InChI=1S/C31H24N2/c1-33-29-21-9-8-18-26(29)31(23-13-4-2-5-14-23,24-15-6-3-7-16-24)27-19-12-17-25(30(27)33)28-20-10-11-22-32-28/h2-22H,1H3. The molecule has 1 aliphatic heterocycles. The minimum atomic E-state index is -0.439. The van der Waals surface area contributed by atoms with Crippen LogP contribution in [0.4, 0.5) is 11.4 Å². The number of hydrogen-bond donors (Lipinski definition) is 0. The first-order chi connectivity index (χ1) is 16.3. The molecule has 2 nitrogen and oxygen atoms in total. The van der Waals surface area contributed by atoms with E-state index >= 15 is 0 Å². The molecule has 0 atom stereocenters. The number of rotatable bonds is 3. The molecule has 4 aromatic carbocycles. The first-order valence-corrected chi connectivity index (χ1v) is 11.3. The van der Waals surface area contributed by atoms with Crippen LogP contribution < -0.4 is 4.90 Å². The highest BCUT2D eigenvalue weighted by atomic mass is 15.1. The zero-order chi connectivity index (χ0) is 22.3. The molecular formula is C31H24N2. The number of fused-ring (bicyclic) bond motifs is 2. The van der Waals surface area contributed by atoms with Crippen molar-refractivity contribution < 1.29 is 0 Å². The number of anilines is 2. The van der Waals surface area contributed by atoms with Crippen LogP contribution in [0.15, 0.2) is 128 Å². The number of nitrogens with zero attached hydrogens (tertiary/aromatic N) is 2. The molecule has 6 rings (SSSR count). The van der Waals surface area contributed by atoms with Crippen molar-refractivity contribution in [2.24, 2.45) is 0 Å². The van der Waals surface area contributed by atoms with Gasteiger partial charge in [0, 0.05) is 24.5 Å². The summed E-state index contributed by atoms with van der Waals surface area (Å²) in [6.07, 6.45) is 1.87. The Morgan fingerprint density at radius 2 is 1.18 bits per heavy atom. The molecule has 0 fully saturated rings. The van der Waals surface area contributed by atoms with Crippen LogP contribution in [0.3, 0.4) is 0 Å². The summed E-state index contributed by atoms with van der Waals surface area (Å²) in [7, 11) is 2.17. The molecule has 2 heterocycles. The normalized spacial score (nSPS) is 13.8. The first kappa shape index (κ1) is 19.5. The quantitative estimate of drug-likeness (QED) is 0.304. The third-order valence-electron chi connectivity index (χ3n) is 6.80. The highest BCUT2D eigenvalue weighted by Crippen LogP contribution is 2.57. The lowest BCUT2D eigenvalue weighted by atomic mass is 9.62. The lowest BCUT2D eigenvalue weighted by Crippen LogP contribution is -2.38. The number of aromatic nitrogens is 1. The second kappa shape index (κ2) is 7.75. The lowest BCUT2D eigenvalue weighted by molar-refractivity contribution is 0.728. The summed E-state index contributed by atoms with van der Waals surface area (Å²) in [5.74, 6) is 0. The summed E-state index contributed by atoms with van der Waals surface area (Å²) in [6, 6.07) is 43.3. The predicted molar refractivity (Wildman–Crippen MR) is 136 cm³/mol. The second-order valence-electron chi connectivity index (χ2n) is 8.47. The molecular weight excluding hydrogens is 400 g/mol. The van der Waals surface area contributed by atoms with Crippen LogP contribution in [0, 0.1) is 0 Å². The molecule has 0 radical (unpaired) electrons. The Balaban J connectivity index is 1.80. The Hall–Kier alpha value is -4.17. The van der Waals surface area contributed by atoms with E-state index in [0.717, 1.165) is 11.3 Å². The molecule has 1 aliphatic rings. The van der Waals surface area contributed by atoms with Gasteiger partial charge in [-0.1, -0.05) is 103 Å². The highest BCUT2D eigenvalue weighted by Gasteiger charge is 2.46. The van der Waals surface area contributed by atoms with Crippen molar-refractivity contribution >= 4 is 11.4 Å². The smallest absolute Gasteiger partial charge is 0.0742 e. The van der Waals surface area contributed by atoms with Crippen molar-refractivity contribution in [3.63, 3.8) is 0 Å². The second-order valence-corrected chi connectivity index (χ2v) is 8.47.